The predicted molar refractivity (Wildman–Crippen MR) is 83.1 cm³/mol. The van der Waals surface area contributed by atoms with Gasteiger partial charge in [-0.2, -0.15) is 0 Å². The Morgan fingerprint density at radius 1 is 1.35 bits per heavy atom. The van der Waals surface area contributed by atoms with E-state index in [4.69, 9.17) is 11.6 Å². The zero-order valence-electron chi connectivity index (χ0n) is 12.5. The van der Waals surface area contributed by atoms with Crippen LogP contribution in [0.4, 0.5) is 0 Å². The van der Waals surface area contributed by atoms with E-state index in [1.807, 2.05) is 26.2 Å². The lowest BCUT2D eigenvalue weighted by Gasteiger charge is -2.37. The summed E-state index contributed by atoms with van der Waals surface area (Å²) in [5.41, 5.74) is 1.30. The lowest BCUT2D eigenvalue weighted by atomic mass is 9.78. The normalized spacial score (nSPS) is 23.6. The minimum absolute atomic E-state index is 0.212. The van der Waals surface area contributed by atoms with Crippen LogP contribution in [0.2, 0.25) is 5.02 Å². The van der Waals surface area contributed by atoms with Crippen molar-refractivity contribution in [3.05, 3.63) is 34.9 Å². The van der Waals surface area contributed by atoms with Crippen LogP contribution in [0.3, 0.4) is 0 Å². The molecule has 2 atom stereocenters. The van der Waals surface area contributed by atoms with Crippen LogP contribution >= 0.6 is 11.6 Å². The Bertz CT molecular complexity index is 458. The molecule has 2 rings (SSSR count). The molecule has 1 aromatic carbocycles. The summed E-state index contributed by atoms with van der Waals surface area (Å²) >= 11 is 5.97. The molecule has 3 nitrogen and oxygen atoms in total. The zero-order valence-corrected chi connectivity index (χ0v) is 13.2. The van der Waals surface area contributed by atoms with Gasteiger partial charge in [-0.25, -0.2) is 0 Å². The maximum Gasteiger partial charge on any atom is 0.222 e. The first kappa shape index (κ1) is 15.3. The third-order valence-electron chi connectivity index (χ3n) is 4.17. The average molecular weight is 295 g/mol. The third kappa shape index (κ3) is 3.74. The largest absolute Gasteiger partial charge is 0.349 e. The van der Waals surface area contributed by atoms with Gasteiger partial charge >= 0.3 is 0 Å². The monoisotopic (exact) mass is 294 g/mol. The Balaban J connectivity index is 2.15. The SMILES string of the molecule is CN1CC[C@H](c2ccc(Cl)cc2)[C@@H](CC(=O)N(C)C)C1. The summed E-state index contributed by atoms with van der Waals surface area (Å²) in [6.45, 7) is 2.06. The van der Waals surface area contributed by atoms with Crippen molar-refractivity contribution < 1.29 is 4.79 Å². The van der Waals surface area contributed by atoms with Gasteiger partial charge in [0.1, 0.15) is 0 Å². The molecule has 1 aliphatic rings. The molecule has 0 saturated carbocycles. The van der Waals surface area contributed by atoms with Crippen LogP contribution in [0.15, 0.2) is 24.3 Å². The number of nitrogens with zero attached hydrogens (tertiary/aromatic N) is 2. The highest BCUT2D eigenvalue weighted by atomic mass is 35.5. The van der Waals surface area contributed by atoms with Gasteiger partial charge in [0.15, 0.2) is 0 Å². The molecule has 4 heteroatoms. The Morgan fingerprint density at radius 2 is 2.00 bits per heavy atom. The summed E-state index contributed by atoms with van der Waals surface area (Å²) in [6.07, 6.45) is 1.72. The Kier molecular flexibility index (Phi) is 5.06. The smallest absolute Gasteiger partial charge is 0.222 e. The molecule has 0 N–H and O–H groups in total. The van der Waals surface area contributed by atoms with Crippen LogP contribution in [-0.2, 0) is 4.79 Å². The zero-order chi connectivity index (χ0) is 14.7. The number of rotatable bonds is 3. The molecule has 1 saturated heterocycles. The molecule has 0 aliphatic carbocycles. The Morgan fingerprint density at radius 3 is 2.60 bits per heavy atom. The van der Waals surface area contributed by atoms with Crippen LogP contribution in [0.5, 0.6) is 0 Å². The van der Waals surface area contributed by atoms with Gasteiger partial charge < -0.3 is 9.80 Å². The number of hydrogen-bond acceptors (Lipinski definition) is 2. The maximum atomic E-state index is 12.0. The van der Waals surface area contributed by atoms with E-state index in [2.05, 4.69) is 24.1 Å². The van der Waals surface area contributed by atoms with E-state index in [0.717, 1.165) is 24.5 Å². The summed E-state index contributed by atoms with van der Waals surface area (Å²) < 4.78 is 0. The molecule has 1 fully saturated rings. The van der Waals surface area contributed by atoms with Gasteiger partial charge in [-0.15, -0.1) is 0 Å². The minimum Gasteiger partial charge on any atom is -0.349 e. The summed E-state index contributed by atoms with van der Waals surface area (Å²) in [7, 11) is 5.78. The summed E-state index contributed by atoms with van der Waals surface area (Å²) in [5.74, 6) is 1.04. The number of halogens is 1. The number of amides is 1. The van der Waals surface area contributed by atoms with Crippen molar-refractivity contribution in [1.29, 1.82) is 0 Å². The van der Waals surface area contributed by atoms with E-state index in [1.165, 1.54) is 5.56 Å². The van der Waals surface area contributed by atoms with Crippen molar-refractivity contribution >= 4 is 17.5 Å². The van der Waals surface area contributed by atoms with E-state index in [1.54, 1.807) is 4.90 Å². The molecular formula is C16H23ClN2O. The van der Waals surface area contributed by atoms with Crippen LogP contribution < -0.4 is 0 Å². The van der Waals surface area contributed by atoms with Crippen LogP contribution in [0.1, 0.15) is 24.3 Å². The first-order chi connectivity index (χ1) is 9.47. The molecule has 0 bridgehead atoms. The molecule has 1 amide bonds. The van der Waals surface area contributed by atoms with Crippen molar-refractivity contribution in [2.75, 3.05) is 34.2 Å². The van der Waals surface area contributed by atoms with Gasteiger partial charge in [0.05, 0.1) is 0 Å². The molecule has 1 aliphatic heterocycles. The van der Waals surface area contributed by atoms with Crippen LogP contribution in [0.25, 0.3) is 0 Å². The minimum atomic E-state index is 0.212. The van der Waals surface area contributed by atoms with Crippen molar-refractivity contribution in [2.24, 2.45) is 5.92 Å². The topological polar surface area (TPSA) is 23.6 Å². The van der Waals surface area contributed by atoms with Gasteiger partial charge in [0.2, 0.25) is 5.91 Å². The van der Waals surface area contributed by atoms with Gasteiger partial charge in [0.25, 0.3) is 0 Å². The summed E-state index contributed by atoms with van der Waals surface area (Å²) in [5, 5.41) is 0.766. The molecule has 20 heavy (non-hydrogen) atoms. The second-order valence-electron chi connectivity index (χ2n) is 5.96. The average Bonchev–Trinajstić information content (AvgIpc) is 2.40. The third-order valence-corrected chi connectivity index (χ3v) is 4.42. The molecule has 1 aromatic rings. The standard InChI is InChI=1S/C16H23ClN2O/c1-18(2)16(20)10-13-11-19(3)9-8-15(13)12-4-6-14(17)7-5-12/h4-7,13,15H,8-11H2,1-3H3/t13-,15+/m0/s1. The summed E-state index contributed by atoms with van der Waals surface area (Å²) in [4.78, 5) is 16.0. The van der Waals surface area contributed by atoms with Gasteiger partial charge in [-0.1, -0.05) is 23.7 Å². The lowest BCUT2D eigenvalue weighted by Crippen LogP contribution is -2.39. The highest BCUT2D eigenvalue weighted by Crippen LogP contribution is 2.35. The van der Waals surface area contributed by atoms with E-state index < -0.39 is 0 Å². The van der Waals surface area contributed by atoms with Crippen molar-refractivity contribution in [3.8, 4) is 0 Å². The molecule has 0 radical (unpaired) electrons. The number of benzene rings is 1. The fourth-order valence-electron chi connectivity index (χ4n) is 2.98. The highest BCUT2D eigenvalue weighted by molar-refractivity contribution is 6.30. The highest BCUT2D eigenvalue weighted by Gasteiger charge is 2.30. The van der Waals surface area contributed by atoms with E-state index >= 15 is 0 Å². The number of piperidine rings is 1. The summed E-state index contributed by atoms with van der Waals surface area (Å²) in [6, 6.07) is 8.09. The second kappa shape index (κ2) is 6.59. The molecule has 0 aromatic heterocycles. The number of likely N-dealkylation sites (tertiary alicyclic amines) is 1. The molecule has 0 unspecified atom stereocenters. The Hall–Kier alpha value is -1.06. The van der Waals surface area contributed by atoms with Gasteiger partial charge in [0, 0.05) is 32.1 Å². The predicted octanol–water partition coefficient (Wildman–Crippen LogP) is 2.85. The Labute approximate surface area is 126 Å². The number of carbonyl (C=O) groups excluding carboxylic acids is 1. The quantitative estimate of drug-likeness (QED) is 0.856. The van der Waals surface area contributed by atoms with Crippen LogP contribution in [-0.4, -0.2) is 49.9 Å². The van der Waals surface area contributed by atoms with Crippen LogP contribution in [0, 0.1) is 5.92 Å². The van der Waals surface area contributed by atoms with Gasteiger partial charge in [-0.3, -0.25) is 4.79 Å². The fourth-order valence-corrected chi connectivity index (χ4v) is 3.10. The fraction of sp³-hybridized carbons (Fsp3) is 0.562. The van der Waals surface area contributed by atoms with Gasteiger partial charge in [-0.05, 0) is 49.5 Å². The molecule has 1 heterocycles. The van der Waals surface area contributed by atoms with E-state index in [9.17, 15) is 4.79 Å². The van der Waals surface area contributed by atoms with Crippen molar-refractivity contribution in [2.45, 2.75) is 18.8 Å². The first-order valence-electron chi connectivity index (χ1n) is 7.11. The molecule has 110 valence electrons. The van der Waals surface area contributed by atoms with E-state index in [0.29, 0.717) is 18.3 Å². The number of hydrogen-bond donors (Lipinski definition) is 0. The molecular weight excluding hydrogens is 272 g/mol. The lowest BCUT2D eigenvalue weighted by molar-refractivity contribution is -0.130. The van der Waals surface area contributed by atoms with Crippen molar-refractivity contribution in [3.63, 3.8) is 0 Å². The first-order valence-corrected chi connectivity index (χ1v) is 7.49. The maximum absolute atomic E-state index is 12.0. The van der Waals surface area contributed by atoms with Crippen molar-refractivity contribution in [1.82, 2.24) is 9.80 Å². The number of carbonyl (C=O) groups is 1. The molecule has 0 spiro atoms. The van der Waals surface area contributed by atoms with E-state index in [-0.39, 0.29) is 5.91 Å². The second-order valence-corrected chi connectivity index (χ2v) is 6.40.